The molecule has 8 heteroatoms. The van der Waals surface area contributed by atoms with Crippen molar-refractivity contribution >= 4 is 44.2 Å². The fraction of sp³-hybridized carbons (Fsp3) is 0.450. The van der Waals surface area contributed by atoms with Crippen LogP contribution < -0.4 is 5.32 Å². The number of halogens is 1. The van der Waals surface area contributed by atoms with Gasteiger partial charge in [-0.3, -0.25) is 9.59 Å². The summed E-state index contributed by atoms with van der Waals surface area (Å²) in [6.45, 7) is 11.0. The van der Waals surface area contributed by atoms with Gasteiger partial charge in [0.25, 0.3) is 5.91 Å². The summed E-state index contributed by atoms with van der Waals surface area (Å²) in [7, 11) is 0. The van der Waals surface area contributed by atoms with Gasteiger partial charge in [-0.25, -0.2) is 4.98 Å². The lowest BCUT2D eigenvalue weighted by molar-refractivity contribution is -0.116. The maximum Gasteiger partial charge on any atom is 0.254 e. The molecule has 0 atom stereocenters. The minimum atomic E-state index is -0.239. The van der Waals surface area contributed by atoms with Crippen molar-refractivity contribution in [1.29, 1.82) is 0 Å². The lowest BCUT2D eigenvalue weighted by Gasteiger charge is -2.26. The molecule has 0 aliphatic carbocycles. The van der Waals surface area contributed by atoms with Crippen LogP contribution in [-0.4, -0.2) is 59.3 Å². The van der Waals surface area contributed by atoms with Gasteiger partial charge < -0.3 is 15.1 Å². The van der Waals surface area contributed by atoms with Crippen molar-refractivity contribution in [2.75, 3.05) is 38.0 Å². The third-order valence-electron chi connectivity index (χ3n) is 4.55. The molecule has 1 N–H and O–H groups in total. The van der Waals surface area contributed by atoms with Crippen LogP contribution in [0.15, 0.2) is 28.7 Å². The van der Waals surface area contributed by atoms with Gasteiger partial charge in [0, 0.05) is 28.0 Å². The molecule has 1 heterocycles. The van der Waals surface area contributed by atoms with Crippen molar-refractivity contribution in [3.05, 3.63) is 44.9 Å². The number of carbonyl (C=O) groups is 2. The van der Waals surface area contributed by atoms with Gasteiger partial charge in [0.1, 0.15) is 6.54 Å². The zero-order valence-corrected chi connectivity index (χ0v) is 19.2. The lowest BCUT2D eigenvalue weighted by Crippen LogP contribution is -2.42. The number of hydrogen-bond acceptors (Lipinski definition) is 5. The SMILES string of the molecule is CCN(CC)CCN(CC(=O)Nc1nc(C)c(C)s1)C(=O)c1cccc(Br)c1. The third kappa shape index (κ3) is 6.39. The number of likely N-dealkylation sites (N-methyl/N-ethyl adjacent to an activating group) is 1. The quantitative estimate of drug-likeness (QED) is 0.607. The first-order valence-electron chi connectivity index (χ1n) is 9.35. The molecule has 0 saturated heterocycles. The highest BCUT2D eigenvalue weighted by molar-refractivity contribution is 9.10. The predicted octanol–water partition coefficient (Wildman–Crippen LogP) is 3.95. The topological polar surface area (TPSA) is 65.5 Å². The molecule has 0 aliphatic rings. The van der Waals surface area contributed by atoms with Gasteiger partial charge in [0.15, 0.2) is 5.13 Å². The number of anilines is 1. The van der Waals surface area contributed by atoms with Crippen LogP contribution in [0.2, 0.25) is 0 Å². The van der Waals surface area contributed by atoms with Crippen molar-refractivity contribution in [3.8, 4) is 0 Å². The molecule has 1 aromatic heterocycles. The molecule has 0 fully saturated rings. The molecule has 0 saturated carbocycles. The van der Waals surface area contributed by atoms with Gasteiger partial charge in [0.2, 0.25) is 5.91 Å². The number of nitrogens with one attached hydrogen (secondary N) is 1. The molecular weight excluding hydrogens is 440 g/mol. The van der Waals surface area contributed by atoms with E-state index in [0.29, 0.717) is 17.2 Å². The Morgan fingerprint density at radius 3 is 2.46 bits per heavy atom. The fourth-order valence-corrected chi connectivity index (χ4v) is 3.95. The second kappa shape index (κ2) is 10.7. The number of aryl methyl sites for hydroxylation is 2. The van der Waals surface area contributed by atoms with Crippen LogP contribution >= 0.6 is 27.3 Å². The van der Waals surface area contributed by atoms with E-state index in [1.54, 1.807) is 17.0 Å². The molecule has 2 aromatic rings. The van der Waals surface area contributed by atoms with E-state index in [1.807, 2.05) is 26.0 Å². The molecular formula is C20H27BrN4O2S. The minimum absolute atomic E-state index is 0.00963. The Balaban J connectivity index is 2.12. The number of aromatic nitrogens is 1. The average molecular weight is 467 g/mol. The van der Waals surface area contributed by atoms with Gasteiger partial charge in [-0.2, -0.15) is 0 Å². The summed E-state index contributed by atoms with van der Waals surface area (Å²) in [5.41, 5.74) is 1.46. The van der Waals surface area contributed by atoms with Gasteiger partial charge in [-0.15, -0.1) is 11.3 Å². The van der Waals surface area contributed by atoms with Crippen LogP contribution in [0, 0.1) is 13.8 Å². The maximum atomic E-state index is 13.0. The molecule has 1 aromatic carbocycles. The Hall–Kier alpha value is -1.77. The summed E-state index contributed by atoms with van der Waals surface area (Å²) >= 11 is 4.84. The maximum absolute atomic E-state index is 13.0. The molecule has 0 radical (unpaired) electrons. The van der Waals surface area contributed by atoms with Crippen LogP contribution in [0.1, 0.15) is 34.8 Å². The lowest BCUT2D eigenvalue weighted by atomic mass is 10.2. The summed E-state index contributed by atoms with van der Waals surface area (Å²) in [5.74, 6) is -0.397. The number of nitrogens with zero attached hydrogens (tertiary/aromatic N) is 3. The molecule has 2 amide bonds. The zero-order valence-electron chi connectivity index (χ0n) is 16.8. The molecule has 0 aliphatic heterocycles. The van der Waals surface area contributed by atoms with E-state index < -0.39 is 0 Å². The number of rotatable bonds is 9. The zero-order chi connectivity index (χ0) is 20.7. The number of thiazole rings is 1. The predicted molar refractivity (Wildman–Crippen MR) is 118 cm³/mol. The summed E-state index contributed by atoms with van der Waals surface area (Å²) in [6.07, 6.45) is 0. The van der Waals surface area contributed by atoms with E-state index in [2.05, 4.69) is 45.0 Å². The fourth-order valence-electron chi connectivity index (χ4n) is 2.72. The van der Waals surface area contributed by atoms with Gasteiger partial charge in [-0.05, 0) is 45.1 Å². The molecule has 6 nitrogen and oxygen atoms in total. The average Bonchev–Trinajstić information content (AvgIpc) is 2.97. The van der Waals surface area contributed by atoms with Crippen molar-refractivity contribution in [3.63, 3.8) is 0 Å². The van der Waals surface area contributed by atoms with E-state index in [4.69, 9.17) is 0 Å². The first kappa shape index (κ1) is 22.5. The third-order valence-corrected chi connectivity index (χ3v) is 6.03. The Bertz CT molecular complexity index is 801. The largest absolute Gasteiger partial charge is 0.328 e. The second-order valence-corrected chi connectivity index (χ2v) is 8.59. The summed E-state index contributed by atoms with van der Waals surface area (Å²) in [6, 6.07) is 7.24. The normalized spacial score (nSPS) is 10.9. The van der Waals surface area contributed by atoms with Crippen molar-refractivity contribution in [2.45, 2.75) is 27.7 Å². The van der Waals surface area contributed by atoms with Crippen LogP contribution in [0.25, 0.3) is 0 Å². The van der Waals surface area contributed by atoms with Crippen molar-refractivity contribution in [2.24, 2.45) is 0 Å². The van der Waals surface area contributed by atoms with E-state index >= 15 is 0 Å². The van der Waals surface area contributed by atoms with Crippen LogP contribution in [0.4, 0.5) is 5.13 Å². The summed E-state index contributed by atoms with van der Waals surface area (Å²) < 4.78 is 0.834. The molecule has 0 unspecified atom stereocenters. The summed E-state index contributed by atoms with van der Waals surface area (Å²) in [4.78, 5) is 34.8. The Morgan fingerprint density at radius 1 is 1.18 bits per heavy atom. The van der Waals surface area contributed by atoms with Gasteiger partial charge >= 0.3 is 0 Å². The molecule has 152 valence electrons. The molecule has 28 heavy (non-hydrogen) atoms. The van der Waals surface area contributed by atoms with E-state index in [-0.39, 0.29) is 18.4 Å². The Kier molecular flexibility index (Phi) is 8.59. The number of hydrogen-bond donors (Lipinski definition) is 1. The molecule has 2 rings (SSSR count). The van der Waals surface area contributed by atoms with Gasteiger partial charge in [0.05, 0.1) is 5.69 Å². The smallest absolute Gasteiger partial charge is 0.254 e. The van der Waals surface area contributed by atoms with Crippen molar-refractivity contribution < 1.29 is 9.59 Å². The van der Waals surface area contributed by atoms with Crippen LogP contribution in [-0.2, 0) is 4.79 Å². The number of amides is 2. The van der Waals surface area contributed by atoms with Gasteiger partial charge in [-0.1, -0.05) is 35.8 Å². The molecule has 0 spiro atoms. The highest BCUT2D eigenvalue weighted by atomic mass is 79.9. The summed E-state index contributed by atoms with van der Waals surface area (Å²) in [5, 5.41) is 3.39. The van der Waals surface area contributed by atoms with E-state index in [0.717, 1.165) is 34.7 Å². The monoisotopic (exact) mass is 466 g/mol. The molecule has 0 bridgehead atoms. The van der Waals surface area contributed by atoms with Crippen molar-refractivity contribution in [1.82, 2.24) is 14.8 Å². The highest BCUT2D eigenvalue weighted by Crippen LogP contribution is 2.21. The highest BCUT2D eigenvalue weighted by Gasteiger charge is 2.20. The number of carbonyl (C=O) groups excluding carboxylic acids is 2. The van der Waals surface area contributed by atoms with E-state index in [1.165, 1.54) is 11.3 Å². The van der Waals surface area contributed by atoms with Crippen LogP contribution in [0.3, 0.4) is 0 Å². The Morgan fingerprint density at radius 2 is 1.89 bits per heavy atom. The van der Waals surface area contributed by atoms with Crippen LogP contribution in [0.5, 0.6) is 0 Å². The Labute approximate surface area is 179 Å². The minimum Gasteiger partial charge on any atom is -0.328 e. The van der Waals surface area contributed by atoms with E-state index in [9.17, 15) is 9.59 Å². The standard InChI is InChI=1S/C20H27BrN4O2S/c1-5-24(6-2)10-11-25(19(27)16-8-7-9-17(21)12-16)13-18(26)23-20-22-14(3)15(4)28-20/h7-9,12H,5-6,10-11,13H2,1-4H3,(H,22,23,26). The first-order valence-corrected chi connectivity index (χ1v) is 11.0. The number of benzene rings is 1. The second-order valence-electron chi connectivity index (χ2n) is 6.47. The first-order chi connectivity index (χ1) is 13.3.